The first kappa shape index (κ1) is 17.0. The maximum absolute atomic E-state index is 13.3. The molecule has 0 saturated heterocycles. The van der Waals surface area contributed by atoms with Crippen LogP contribution in [0.5, 0.6) is 5.75 Å². The summed E-state index contributed by atoms with van der Waals surface area (Å²) >= 11 is 0. The smallest absolute Gasteiger partial charge is 0.258 e. The number of fused-ring (bicyclic) bond motifs is 1. The zero-order valence-corrected chi connectivity index (χ0v) is 14.5. The quantitative estimate of drug-likeness (QED) is 0.579. The molecule has 0 fully saturated rings. The van der Waals surface area contributed by atoms with Crippen molar-refractivity contribution in [3.05, 3.63) is 106 Å². The van der Waals surface area contributed by atoms with E-state index < -0.39 is 0 Å². The van der Waals surface area contributed by atoms with Crippen molar-refractivity contribution < 1.29 is 9.13 Å². The molecule has 4 nitrogen and oxygen atoms in total. The number of aromatic nitrogens is 2. The Hall–Kier alpha value is -3.47. The zero-order chi connectivity index (χ0) is 18.6. The van der Waals surface area contributed by atoms with Gasteiger partial charge in [-0.05, 0) is 35.4 Å². The van der Waals surface area contributed by atoms with Crippen LogP contribution in [-0.2, 0) is 13.0 Å². The minimum Gasteiger partial charge on any atom is -0.489 e. The molecule has 0 spiro atoms. The fourth-order valence-electron chi connectivity index (χ4n) is 2.92. The lowest BCUT2D eigenvalue weighted by molar-refractivity contribution is 0.306. The van der Waals surface area contributed by atoms with Gasteiger partial charge in [-0.25, -0.2) is 9.37 Å². The molecule has 0 aliphatic heterocycles. The van der Waals surface area contributed by atoms with E-state index in [0.717, 1.165) is 11.1 Å². The highest BCUT2D eigenvalue weighted by atomic mass is 19.1. The molecule has 0 unspecified atom stereocenters. The first-order valence-electron chi connectivity index (χ1n) is 8.61. The highest BCUT2D eigenvalue weighted by Gasteiger charge is 2.07. The summed E-state index contributed by atoms with van der Waals surface area (Å²) in [7, 11) is 0. The molecule has 1 heterocycles. The standard InChI is InChI=1S/C22H17FN2O2/c23-17-8-4-7-16(11-17)14-27-18-9-10-19-20(13-18)24-21(25-22(19)26)12-15-5-2-1-3-6-15/h1-11,13H,12,14H2,(H,24,25,26). The van der Waals surface area contributed by atoms with Gasteiger partial charge in [0.2, 0.25) is 0 Å². The number of aromatic amines is 1. The number of halogens is 1. The van der Waals surface area contributed by atoms with Gasteiger partial charge in [0.1, 0.15) is 24.0 Å². The van der Waals surface area contributed by atoms with E-state index in [2.05, 4.69) is 9.97 Å². The molecule has 0 aliphatic rings. The Kier molecular flexibility index (Phi) is 4.66. The fourth-order valence-corrected chi connectivity index (χ4v) is 2.92. The molecule has 134 valence electrons. The first-order valence-corrected chi connectivity index (χ1v) is 8.61. The monoisotopic (exact) mass is 360 g/mol. The lowest BCUT2D eigenvalue weighted by Crippen LogP contribution is -2.12. The van der Waals surface area contributed by atoms with Crippen LogP contribution in [0.1, 0.15) is 17.0 Å². The van der Waals surface area contributed by atoms with Crippen molar-refractivity contribution in [2.24, 2.45) is 0 Å². The number of rotatable bonds is 5. The number of nitrogens with zero attached hydrogens (tertiary/aromatic N) is 1. The SMILES string of the molecule is O=c1[nH]c(Cc2ccccc2)nc2cc(OCc3cccc(F)c3)ccc12. The van der Waals surface area contributed by atoms with Crippen LogP contribution in [0.15, 0.2) is 77.6 Å². The van der Waals surface area contributed by atoms with Gasteiger partial charge in [-0.15, -0.1) is 0 Å². The molecule has 1 N–H and O–H groups in total. The third-order valence-corrected chi connectivity index (χ3v) is 4.24. The minimum atomic E-state index is -0.298. The van der Waals surface area contributed by atoms with Crippen LogP contribution in [0, 0.1) is 5.82 Å². The van der Waals surface area contributed by atoms with Crippen LogP contribution in [0.25, 0.3) is 10.9 Å². The van der Waals surface area contributed by atoms with Gasteiger partial charge >= 0.3 is 0 Å². The Morgan fingerprint density at radius 2 is 1.74 bits per heavy atom. The summed E-state index contributed by atoms with van der Waals surface area (Å²) in [6.45, 7) is 0.239. The summed E-state index contributed by atoms with van der Waals surface area (Å²) in [6.07, 6.45) is 0.542. The van der Waals surface area contributed by atoms with Gasteiger partial charge in [0.25, 0.3) is 5.56 Å². The third kappa shape index (κ3) is 4.03. The van der Waals surface area contributed by atoms with Crippen LogP contribution >= 0.6 is 0 Å². The van der Waals surface area contributed by atoms with Crippen molar-refractivity contribution in [2.75, 3.05) is 0 Å². The molecule has 0 saturated carbocycles. The molecule has 27 heavy (non-hydrogen) atoms. The van der Waals surface area contributed by atoms with Crippen LogP contribution in [-0.4, -0.2) is 9.97 Å². The Morgan fingerprint density at radius 1 is 0.926 bits per heavy atom. The molecule has 0 amide bonds. The van der Waals surface area contributed by atoms with Crippen molar-refractivity contribution in [2.45, 2.75) is 13.0 Å². The van der Waals surface area contributed by atoms with E-state index in [9.17, 15) is 9.18 Å². The summed E-state index contributed by atoms with van der Waals surface area (Å²) in [5.74, 6) is 0.880. The predicted octanol–water partition coefficient (Wildman–Crippen LogP) is 4.23. The second kappa shape index (κ2) is 7.41. The van der Waals surface area contributed by atoms with Crippen molar-refractivity contribution in [3.8, 4) is 5.75 Å². The van der Waals surface area contributed by atoms with Gasteiger partial charge in [-0.3, -0.25) is 4.79 Å². The van der Waals surface area contributed by atoms with E-state index >= 15 is 0 Å². The lowest BCUT2D eigenvalue weighted by atomic mass is 10.1. The molecule has 5 heteroatoms. The number of hydrogen-bond donors (Lipinski definition) is 1. The summed E-state index contributed by atoms with van der Waals surface area (Å²) in [5.41, 5.74) is 2.20. The van der Waals surface area contributed by atoms with Gasteiger partial charge in [-0.1, -0.05) is 42.5 Å². The van der Waals surface area contributed by atoms with Gasteiger partial charge in [0.15, 0.2) is 0 Å². The van der Waals surface area contributed by atoms with E-state index in [1.165, 1.54) is 12.1 Å². The highest BCUT2D eigenvalue weighted by molar-refractivity contribution is 5.79. The average Bonchev–Trinajstić information content (AvgIpc) is 2.67. The van der Waals surface area contributed by atoms with Crippen molar-refractivity contribution in [1.29, 1.82) is 0 Å². The second-order valence-electron chi connectivity index (χ2n) is 6.27. The molecule has 4 aromatic rings. The van der Waals surface area contributed by atoms with Gasteiger partial charge in [0, 0.05) is 12.5 Å². The summed E-state index contributed by atoms with van der Waals surface area (Å²) in [4.78, 5) is 19.7. The van der Waals surface area contributed by atoms with E-state index in [1.807, 2.05) is 30.3 Å². The zero-order valence-electron chi connectivity index (χ0n) is 14.5. The predicted molar refractivity (Wildman–Crippen MR) is 102 cm³/mol. The normalized spacial score (nSPS) is 10.9. The number of ether oxygens (including phenoxy) is 1. The summed E-state index contributed by atoms with van der Waals surface area (Å²) < 4.78 is 19.0. The van der Waals surface area contributed by atoms with Crippen molar-refractivity contribution in [3.63, 3.8) is 0 Å². The second-order valence-corrected chi connectivity index (χ2v) is 6.27. The molecular formula is C22H17FN2O2. The van der Waals surface area contributed by atoms with Crippen molar-refractivity contribution in [1.82, 2.24) is 9.97 Å². The van der Waals surface area contributed by atoms with Crippen LogP contribution < -0.4 is 10.3 Å². The van der Waals surface area contributed by atoms with Crippen LogP contribution in [0.2, 0.25) is 0 Å². The fraction of sp³-hybridized carbons (Fsp3) is 0.0909. The molecule has 4 rings (SSSR count). The van der Waals surface area contributed by atoms with Crippen LogP contribution in [0.3, 0.4) is 0 Å². The number of nitrogens with one attached hydrogen (secondary N) is 1. The van der Waals surface area contributed by atoms with Gasteiger partial charge in [-0.2, -0.15) is 0 Å². The van der Waals surface area contributed by atoms with Crippen molar-refractivity contribution >= 4 is 10.9 Å². The number of benzene rings is 3. The Balaban J connectivity index is 1.59. The lowest BCUT2D eigenvalue weighted by Gasteiger charge is -2.08. The molecule has 0 atom stereocenters. The van der Waals surface area contributed by atoms with Gasteiger partial charge in [0.05, 0.1) is 10.9 Å². The number of hydrogen-bond acceptors (Lipinski definition) is 3. The van der Waals surface area contributed by atoms with E-state index in [4.69, 9.17) is 4.74 Å². The Morgan fingerprint density at radius 3 is 2.56 bits per heavy atom. The molecule has 3 aromatic carbocycles. The molecule has 1 aromatic heterocycles. The summed E-state index contributed by atoms with van der Waals surface area (Å²) in [5, 5.41) is 0.505. The molecule has 0 aliphatic carbocycles. The van der Waals surface area contributed by atoms with E-state index in [0.29, 0.717) is 28.9 Å². The molecular weight excluding hydrogens is 343 g/mol. The maximum atomic E-state index is 13.3. The first-order chi connectivity index (χ1) is 13.2. The van der Waals surface area contributed by atoms with Crippen LogP contribution in [0.4, 0.5) is 4.39 Å². The van der Waals surface area contributed by atoms with E-state index in [-0.39, 0.29) is 18.0 Å². The summed E-state index contributed by atoms with van der Waals surface area (Å²) in [6, 6.07) is 21.2. The Labute approximate surface area is 155 Å². The maximum Gasteiger partial charge on any atom is 0.258 e. The average molecular weight is 360 g/mol. The highest BCUT2D eigenvalue weighted by Crippen LogP contribution is 2.19. The minimum absolute atomic E-state index is 0.178. The largest absolute Gasteiger partial charge is 0.489 e. The van der Waals surface area contributed by atoms with E-state index in [1.54, 1.807) is 30.3 Å². The molecule has 0 radical (unpaired) electrons. The topological polar surface area (TPSA) is 55.0 Å². The van der Waals surface area contributed by atoms with Gasteiger partial charge < -0.3 is 9.72 Å². The number of H-pyrrole nitrogens is 1. The Bertz CT molecular complexity index is 1140. The molecule has 0 bridgehead atoms. The third-order valence-electron chi connectivity index (χ3n) is 4.24.